The molecule has 4 saturated carbocycles. The van der Waals surface area contributed by atoms with Gasteiger partial charge in [-0.1, -0.05) is 0 Å². The highest BCUT2D eigenvalue weighted by Gasteiger charge is 2.49. The van der Waals surface area contributed by atoms with Gasteiger partial charge in [0.25, 0.3) is 5.56 Å². The average Bonchev–Trinajstić information content (AvgIpc) is 2.37. The van der Waals surface area contributed by atoms with Gasteiger partial charge < -0.3 is 0 Å². The highest BCUT2D eigenvalue weighted by Crippen LogP contribution is 2.59. The molecule has 4 fully saturated rings. The molecule has 19 heavy (non-hydrogen) atoms. The smallest absolute Gasteiger partial charge is 0.267 e. The van der Waals surface area contributed by atoms with Gasteiger partial charge in [-0.3, -0.25) is 4.79 Å². The third-order valence-electron chi connectivity index (χ3n) is 5.58. The van der Waals surface area contributed by atoms with E-state index in [9.17, 15) is 10.1 Å². The summed E-state index contributed by atoms with van der Waals surface area (Å²) in [5.74, 6) is 3.55. The first-order valence-corrected chi connectivity index (χ1v) is 7.24. The number of nitriles is 1. The van der Waals surface area contributed by atoms with Crippen LogP contribution in [0.4, 0.5) is 0 Å². The first-order valence-electron chi connectivity index (χ1n) is 7.24. The minimum absolute atomic E-state index is 0.299. The zero-order chi connectivity index (χ0) is 13.0. The molecule has 0 spiro atoms. The summed E-state index contributed by atoms with van der Waals surface area (Å²) in [6.07, 6.45) is 8.29. The molecule has 4 heteroatoms. The molecule has 1 N–H and O–H groups in total. The van der Waals surface area contributed by atoms with Crippen molar-refractivity contribution in [2.45, 2.75) is 38.0 Å². The fourth-order valence-corrected chi connectivity index (χ4v) is 5.21. The highest BCUT2D eigenvalue weighted by molar-refractivity contribution is 5.37. The molecule has 0 unspecified atom stereocenters. The molecule has 98 valence electrons. The van der Waals surface area contributed by atoms with Crippen molar-refractivity contribution in [3.05, 3.63) is 27.7 Å². The molecular weight excluding hydrogens is 238 g/mol. The van der Waals surface area contributed by atoms with Crippen LogP contribution >= 0.6 is 0 Å². The monoisotopic (exact) mass is 255 g/mol. The third kappa shape index (κ3) is 1.57. The maximum atomic E-state index is 11.8. The minimum atomic E-state index is -0.325. The van der Waals surface area contributed by atoms with Crippen LogP contribution in [0.1, 0.15) is 49.1 Å². The van der Waals surface area contributed by atoms with Gasteiger partial charge in [0.2, 0.25) is 0 Å². The van der Waals surface area contributed by atoms with Crippen LogP contribution in [0.25, 0.3) is 0 Å². The molecular formula is C15H17N3O. The largest absolute Gasteiger partial charge is 0.282 e. The predicted octanol–water partition coefficient (Wildman–Crippen LogP) is 2.18. The topological polar surface area (TPSA) is 69.5 Å². The number of nitrogens with one attached hydrogen (secondary N) is 1. The third-order valence-corrected chi connectivity index (χ3v) is 5.58. The number of aromatic nitrogens is 2. The molecule has 4 bridgehead atoms. The summed E-state index contributed by atoms with van der Waals surface area (Å²) in [6, 6.07) is 2.09. The second-order valence-corrected chi connectivity index (χ2v) is 6.60. The normalized spacial score (nSPS) is 39.2. The molecule has 1 heterocycles. The van der Waals surface area contributed by atoms with E-state index < -0.39 is 0 Å². The van der Waals surface area contributed by atoms with Gasteiger partial charge in [-0.05, 0) is 67.3 Å². The Hall–Kier alpha value is -1.63. The van der Waals surface area contributed by atoms with Gasteiger partial charge in [0.15, 0.2) is 0 Å². The van der Waals surface area contributed by atoms with Crippen molar-refractivity contribution in [2.24, 2.45) is 23.7 Å². The van der Waals surface area contributed by atoms with Gasteiger partial charge in [-0.15, -0.1) is 0 Å². The zero-order valence-corrected chi connectivity index (χ0v) is 10.8. The number of H-pyrrole nitrogens is 1. The van der Waals surface area contributed by atoms with Gasteiger partial charge in [0.1, 0.15) is 11.6 Å². The molecule has 5 rings (SSSR count). The molecule has 4 aliphatic carbocycles. The first kappa shape index (κ1) is 11.2. The second kappa shape index (κ2) is 3.93. The summed E-state index contributed by atoms with van der Waals surface area (Å²) in [5, 5.41) is 15.6. The van der Waals surface area contributed by atoms with Gasteiger partial charge in [-0.25, -0.2) is 5.10 Å². The van der Waals surface area contributed by atoms with Crippen molar-refractivity contribution in [3.8, 4) is 6.07 Å². The van der Waals surface area contributed by atoms with Crippen LogP contribution in [0.2, 0.25) is 0 Å². The van der Waals surface area contributed by atoms with E-state index in [1.54, 1.807) is 6.20 Å². The SMILES string of the molecule is N#Cc1c(C2C3CC4CC(C3)CC2C4)cn[nH]c1=O. The van der Waals surface area contributed by atoms with Gasteiger partial charge in [0, 0.05) is 0 Å². The van der Waals surface area contributed by atoms with Gasteiger partial charge >= 0.3 is 0 Å². The molecule has 0 aromatic carbocycles. The molecule has 0 atom stereocenters. The summed E-state index contributed by atoms with van der Waals surface area (Å²) in [4.78, 5) is 11.8. The van der Waals surface area contributed by atoms with Crippen molar-refractivity contribution in [3.63, 3.8) is 0 Å². The molecule has 4 nitrogen and oxygen atoms in total. The van der Waals surface area contributed by atoms with E-state index in [-0.39, 0.29) is 5.56 Å². The summed E-state index contributed by atoms with van der Waals surface area (Å²) >= 11 is 0. The maximum absolute atomic E-state index is 11.8. The molecule has 0 radical (unpaired) electrons. The summed E-state index contributed by atoms with van der Waals surface area (Å²) in [7, 11) is 0. The zero-order valence-electron chi connectivity index (χ0n) is 10.8. The lowest BCUT2D eigenvalue weighted by Crippen LogP contribution is -2.44. The average molecular weight is 255 g/mol. The quantitative estimate of drug-likeness (QED) is 0.836. The number of rotatable bonds is 1. The van der Waals surface area contributed by atoms with Gasteiger partial charge in [-0.2, -0.15) is 10.4 Å². The van der Waals surface area contributed by atoms with Crippen LogP contribution < -0.4 is 5.56 Å². The molecule has 1 aromatic heterocycles. The van der Waals surface area contributed by atoms with E-state index in [0.717, 1.165) is 17.4 Å². The Labute approximate surface area is 111 Å². The van der Waals surface area contributed by atoms with Crippen molar-refractivity contribution in [1.29, 1.82) is 5.26 Å². The lowest BCUT2D eigenvalue weighted by molar-refractivity contribution is -0.00305. The number of aromatic amines is 1. The van der Waals surface area contributed by atoms with Crippen LogP contribution in [-0.2, 0) is 0 Å². The van der Waals surface area contributed by atoms with E-state index in [2.05, 4.69) is 16.3 Å². The maximum Gasteiger partial charge on any atom is 0.282 e. The Morgan fingerprint density at radius 1 is 1.16 bits per heavy atom. The van der Waals surface area contributed by atoms with Crippen LogP contribution in [-0.4, -0.2) is 10.2 Å². The van der Waals surface area contributed by atoms with Crippen LogP contribution in [0.3, 0.4) is 0 Å². The fraction of sp³-hybridized carbons (Fsp3) is 0.667. The lowest BCUT2D eigenvalue weighted by Gasteiger charge is -2.54. The Morgan fingerprint density at radius 2 is 1.79 bits per heavy atom. The summed E-state index contributed by atoms with van der Waals surface area (Å²) < 4.78 is 0. The van der Waals surface area contributed by atoms with E-state index in [1.165, 1.54) is 32.1 Å². The van der Waals surface area contributed by atoms with Crippen molar-refractivity contribution >= 4 is 0 Å². The molecule has 4 aliphatic rings. The first-order chi connectivity index (χ1) is 9.26. The van der Waals surface area contributed by atoms with Crippen molar-refractivity contribution < 1.29 is 0 Å². The Balaban J connectivity index is 1.80. The van der Waals surface area contributed by atoms with E-state index >= 15 is 0 Å². The number of nitrogens with zero attached hydrogens (tertiary/aromatic N) is 2. The Kier molecular flexibility index (Phi) is 2.32. The van der Waals surface area contributed by atoms with Gasteiger partial charge in [0.05, 0.1) is 6.20 Å². The van der Waals surface area contributed by atoms with Crippen LogP contribution in [0, 0.1) is 35.0 Å². The second-order valence-electron chi connectivity index (χ2n) is 6.60. The Bertz CT molecular complexity index is 585. The minimum Gasteiger partial charge on any atom is -0.267 e. The highest BCUT2D eigenvalue weighted by atomic mass is 16.1. The standard InChI is InChI=1S/C15H17N3O/c16-6-12-13(7-17-18-15(12)19)14-10-2-8-1-9(4-10)5-11(14)3-8/h7-11,14H,1-5H2,(H,18,19). The fourth-order valence-electron chi connectivity index (χ4n) is 5.21. The molecule has 0 aliphatic heterocycles. The molecule has 1 aromatic rings. The van der Waals surface area contributed by atoms with E-state index in [1.807, 2.05) is 0 Å². The Morgan fingerprint density at radius 3 is 2.37 bits per heavy atom. The summed E-state index contributed by atoms with van der Waals surface area (Å²) in [5.41, 5.74) is 0.890. The van der Waals surface area contributed by atoms with E-state index in [0.29, 0.717) is 23.3 Å². The van der Waals surface area contributed by atoms with Crippen molar-refractivity contribution in [2.75, 3.05) is 0 Å². The predicted molar refractivity (Wildman–Crippen MR) is 69.4 cm³/mol. The van der Waals surface area contributed by atoms with Crippen LogP contribution in [0.15, 0.2) is 11.0 Å². The number of hydrogen-bond donors (Lipinski definition) is 1. The molecule has 0 amide bonds. The molecule has 0 saturated heterocycles. The van der Waals surface area contributed by atoms with Crippen LogP contribution in [0.5, 0.6) is 0 Å². The lowest BCUT2D eigenvalue weighted by atomic mass is 9.50. The summed E-state index contributed by atoms with van der Waals surface area (Å²) in [6.45, 7) is 0. The van der Waals surface area contributed by atoms with E-state index in [4.69, 9.17) is 0 Å². The van der Waals surface area contributed by atoms with Crippen molar-refractivity contribution in [1.82, 2.24) is 10.2 Å². The number of hydrogen-bond acceptors (Lipinski definition) is 3.